The molecule has 3 aromatic rings. The van der Waals surface area contributed by atoms with E-state index >= 15 is 0 Å². The second-order valence-corrected chi connectivity index (χ2v) is 4.70. The Kier molecular flexibility index (Phi) is 3.27. The summed E-state index contributed by atoms with van der Waals surface area (Å²) >= 11 is 0. The zero-order valence-electron chi connectivity index (χ0n) is 11.3. The van der Waals surface area contributed by atoms with Crippen molar-refractivity contribution in [2.24, 2.45) is 4.99 Å². The number of carboxylic acids is 1. The molecule has 1 aromatic heterocycles. The lowest BCUT2D eigenvalue weighted by Gasteiger charge is -2.00. The summed E-state index contributed by atoms with van der Waals surface area (Å²) in [7, 11) is 0. The molecular formula is C16H12N2O4. The molecule has 0 aliphatic heterocycles. The molecule has 0 saturated carbocycles. The summed E-state index contributed by atoms with van der Waals surface area (Å²) in [5, 5.41) is 29.2. The van der Waals surface area contributed by atoms with Crippen LogP contribution < -0.4 is 0 Å². The number of fused-ring (bicyclic) bond motifs is 1. The number of aromatic carboxylic acids is 1. The monoisotopic (exact) mass is 296 g/mol. The Morgan fingerprint density at radius 2 is 1.91 bits per heavy atom. The first kappa shape index (κ1) is 13.7. The number of hydrogen-bond acceptors (Lipinski definition) is 4. The van der Waals surface area contributed by atoms with Crippen molar-refractivity contribution in [2.75, 3.05) is 0 Å². The highest BCUT2D eigenvalue weighted by Gasteiger charge is 2.11. The summed E-state index contributed by atoms with van der Waals surface area (Å²) in [6.45, 7) is 0. The van der Waals surface area contributed by atoms with Gasteiger partial charge in [-0.3, -0.25) is 4.99 Å². The van der Waals surface area contributed by atoms with Crippen molar-refractivity contribution in [1.29, 1.82) is 0 Å². The number of nitrogens with one attached hydrogen (secondary N) is 1. The minimum atomic E-state index is -1.23. The molecule has 0 radical (unpaired) electrons. The average Bonchev–Trinajstić information content (AvgIpc) is 2.81. The first-order chi connectivity index (χ1) is 10.6. The second-order valence-electron chi connectivity index (χ2n) is 4.70. The Balaban J connectivity index is 2.01. The topological polar surface area (TPSA) is 106 Å². The smallest absolute Gasteiger partial charge is 0.339 e. The molecular weight excluding hydrogens is 284 g/mol. The van der Waals surface area contributed by atoms with Crippen LogP contribution >= 0.6 is 0 Å². The van der Waals surface area contributed by atoms with Crippen LogP contribution in [-0.4, -0.2) is 32.5 Å². The maximum absolute atomic E-state index is 11.0. The highest BCUT2D eigenvalue weighted by molar-refractivity contribution is 6.02. The van der Waals surface area contributed by atoms with Gasteiger partial charge in [0.1, 0.15) is 11.3 Å². The number of H-pyrrole nitrogens is 1. The molecule has 22 heavy (non-hydrogen) atoms. The van der Waals surface area contributed by atoms with E-state index in [2.05, 4.69) is 9.98 Å². The van der Waals surface area contributed by atoms with Crippen molar-refractivity contribution in [1.82, 2.24) is 4.98 Å². The number of carboxylic acid groups (broad SMARTS) is 1. The van der Waals surface area contributed by atoms with Crippen LogP contribution in [0.15, 0.2) is 47.5 Å². The number of para-hydroxylation sites is 1. The van der Waals surface area contributed by atoms with Crippen LogP contribution in [0.1, 0.15) is 15.9 Å². The zero-order valence-corrected chi connectivity index (χ0v) is 11.3. The minimum absolute atomic E-state index is 0.0119. The minimum Gasteiger partial charge on any atom is -0.507 e. The number of aromatic nitrogens is 1. The highest BCUT2D eigenvalue weighted by Crippen LogP contribution is 2.27. The SMILES string of the molecule is O=C(O)c1cc(N=Cc2c(O)[nH]c3ccccc23)ccc1O. The van der Waals surface area contributed by atoms with Gasteiger partial charge in [0, 0.05) is 17.1 Å². The maximum Gasteiger partial charge on any atom is 0.339 e. The summed E-state index contributed by atoms with van der Waals surface area (Å²) in [4.78, 5) is 18.0. The Hall–Kier alpha value is -3.28. The number of aromatic hydroxyl groups is 2. The molecule has 110 valence electrons. The first-order valence-corrected chi connectivity index (χ1v) is 6.46. The highest BCUT2D eigenvalue weighted by atomic mass is 16.4. The Morgan fingerprint density at radius 1 is 1.14 bits per heavy atom. The lowest BCUT2D eigenvalue weighted by Crippen LogP contribution is -1.95. The van der Waals surface area contributed by atoms with E-state index in [-0.39, 0.29) is 17.2 Å². The van der Waals surface area contributed by atoms with Gasteiger partial charge in [0.25, 0.3) is 0 Å². The fourth-order valence-electron chi connectivity index (χ4n) is 2.19. The van der Waals surface area contributed by atoms with E-state index in [4.69, 9.17) is 5.11 Å². The number of carbonyl (C=O) groups is 1. The fraction of sp³-hybridized carbons (Fsp3) is 0. The molecule has 0 bridgehead atoms. The van der Waals surface area contributed by atoms with Crippen molar-refractivity contribution < 1.29 is 20.1 Å². The quantitative estimate of drug-likeness (QED) is 0.557. The van der Waals surface area contributed by atoms with Gasteiger partial charge < -0.3 is 20.3 Å². The van der Waals surface area contributed by atoms with Crippen molar-refractivity contribution in [2.45, 2.75) is 0 Å². The number of rotatable bonds is 3. The predicted molar refractivity (Wildman–Crippen MR) is 82.3 cm³/mol. The molecule has 0 spiro atoms. The number of benzene rings is 2. The Labute approximate surface area is 125 Å². The number of phenols is 1. The van der Waals surface area contributed by atoms with E-state index in [0.29, 0.717) is 11.3 Å². The van der Waals surface area contributed by atoms with Crippen LogP contribution in [0.3, 0.4) is 0 Å². The van der Waals surface area contributed by atoms with E-state index in [1.54, 1.807) is 0 Å². The molecule has 0 aliphatic carbocycles. The molecule has 1 heterocycles. The number of aliphatic imine (C=N–C) groups is 1. The van der Waals surface area contributed by atoms with Gasteiger partial charge in [-0.25, -0.2) is 4.79 Å². The number of aromatic amines is 1. The van der Waals surface area contributed by atoms with Gasteiger partial charge in [-0.2, -0.15) is 0 Å². The Bertz CT molecular complexity index is 896. The first-order valence-electron chi connectivity index (χ1n) is 6.46. The van der Waals surface area contributed by atoms with E-state index < -0.39 is 5.97 Å². The second kappa shape index (κ2) is 5.25. The molecule has 0 aliphatic rings. The van der Waals surface area contributed by atoms with Gasteiger partial charge >= 0.3 is 5.97 Å². The van der Waals surface area contributed by atoms with E-state index in [1.165, 1.54) is 24.4 Å². The molecule has 6 nitrogen and oxygen atoms in total. The van der Waals surface area contributed by atoms with Gasteiger partial charge in [-0.1, -0.05) is 18.2 Å². The summed E-state index contributed by atoms with van der Waals surface area (Å²) in [6.07, 6.45) is 1.45. The third-order valence-corrected chi connectivity index (χ3v) is 3.28. The largest absolute Gasteiger partial charge is 0.507 e. The van der Waals surface area contributed by atoms with Crippen molar-refractivity contribution in [3.8, 4) is 11.6 Å². The van der Waals surface area contributed by atoms with Crippen LogP contribution in [0.4, 0.5) is 5.69 Å². The van der Waals surface area contributed by atoms with Gasteiger partial charge in [0.2, 0.25) is 0 Å². The molecule has 0 saturated heterocycles. The lowest BCUT2D eigenvalue weighted by molar-refractivity contribution is 0.0694. The van der Waals surface area contributed by atoms with Gasteiger partial charge in [-0.15, -0.1) is 0 Å². The van der Waals surface area contributed by atoms with Gasteiger partial charge in [0.05, 0.1) is 11.3 Å². The molecule has 0 unspecified atom stereocenters. The lowest BCUT2D eigenvalue weighted by atomic mass is 10.1. The third-order valence-electron chi connectivity index (χ3n) is 3.28. The number of hydrogen-bond donors (Lipinski definition) is 4. The van der Waals surface area contributed by atoms with Crippen LogP contribution in [0.25, 0.3) is 10.9 Å². The molecule has 3 rings (SSSR count). The molecule has 4 N–H and O–H groups in total. The molecule has 2 aromatic carbocycles. The average molecular weight is 296 g/mol. The fourth-order valence-corrected chi connectivity index (χ4v) is 2.19. The standard InChI is InChI=1S/C16H12N2O4/c19-14-6-5-9(7-11(14)16(21)22)17-8-12-10-3-1-2-4-13(10)18-15(12)20/h1-8,18-20H,(H,21,22). The van der Waals surface area contributed by atoms with Crippen LogP contribution in [0.2, 0.25) is 0 Å². The van der Waals surface area contributed by atoms with E-state index in [1.807, 2.05) is 24.3 Å². The van der Waals surface area contributed by atoms with E-state index in [0.717, 1.165) is 10.9 Å². The molecule has 0 fully saturated rings. The van der Waals surface area contributed by atoms with E-state index in [9.17, 15) is 15.0 Å². The predicted octanol–water partition coefficient (Wildman–Crippen LogP) is 3.03. The van der Waals surface area contributed by atoms with Crippen LogP contribution in [0, 0.1) is 0 Å². The van der Waals surface area contributed by atoms with Crippen LogP contribution in [-0.2, 0) is 0 Å². The summed E-state index contributed by atoms with van der Waals surface area (Å²) in [5.74, 6) is -1.56. The molecule has 0 amide bonds. The Morgan fingerprint density at radius 3 is 2.68 bits per heavy atom. The third kappa shape index (κ3) is 2.37. The van der Waals surface area contributed by atoms with Crippen molar-refractivity contribution in [3.05, 3.63) is 53.6 Å². The van der Waals surface area contributed by atoms with Gasteiger partial charge in [-0.05, 0) is 24.3 Å². The summed E-state index contributed by atoms with van der Waals surface area (Å²) in [5.41, 5.74) is 1.43. The van der Waals surface area contributed by atoms with Crippen LogP contribution in [0.5, 0.6) is 11.6 Å². The normalized spacial score (nSPS) is 11.3. The molecule has 6 heteroatoms. The summed E-state index contributed by atoms with van der Waals surface area (Å²) in [6, 6.07) is 11.4. The molecule has 0 atom stereocenters. The summed E-state index contributed by atoms with van der Waals surface area (Å²) < 4.78 is 0. The number of nitrogens with zero attached hydrogens (tertiary/aromatic N) is 1. The van der Waals surface area contributed by atoms with Gasteiger partial charge in [0.15, 0.2) is 5.88 Å². The zero-order chi connectivity index (χ0) is 15.7. The van der Waals surface area contributed by atoms with Crippen molar-refractivity contribution in [3.63, 3.8) is 0 Å². The van der Waals surface area contributed by atoms with Crippen molar-refractivity contribution >= 4 is 28.8 Å². The maximum atomic E-state index is 11.0.